The summed E-state index contributed by atoms with van der Waals surface area (Å²) in [6, 6.07) is 34.1. The van der Waals surface area contributed by atoms with E-state index in [9.17, 15) is 0 Å². The highest BCUT2D eigenvalue weighted by atomic mass is 31.2. The first kappa shape index (κ1) is 64.9. The van der Waals surface area contributed by atoms with Crippen molar-refractivity contribution in [1.29, 1.82) is 0 Å². The molecule has 0 aromatic heterocycles. The molecule has 6 aromatic rings. The SMILES string of the molecule is COc1ccc(OP(Oc2ccc(C(C)(C)C)cc2C(C)(C)C)Oc2ccc(C(C)(C)C)cc2C(C)(C)C)c(-c2c(OP(Oc3ccc(C(C)(C)C)cc3C(C)(C)C)Oc3ccc(C(C)(C)C)cc3C(C)(C)C)ccc(C)c2C)c1C. The lowest BCUT2D eigenvalue weighted by molar-refractivity contribution is 0.373. The molecule has 0 fully saturated rings. The van der Waals surface area contributed by atoms with Crippen LogP contribution in [0.3, 0.4) is 0 Å². The van der Waals surface area contributed by atoms with Crippen LogP contribution in [-0.2, 0) is 43.3 Å². The molecule has 7 nitrogen and oxygen atoms in total. The molecular formula is C72H100O7P2. The zero-order valence-corrected chi connectivity index (χ0v) is 56.8. The molecule has 0 radical (unpaired) electrons. The highest BCUT2D eigenvalue weighted by molar-refractivity contribution is 7.43. The highest BCUT2D eigenvalue weighted by Crippen LogP contribution is 2.56. The minimum atomic E-state index is -2.21. The number of ether oxygens (including phenoxy) is 1. The largest absolute Gasteiger partial charge is 0.530 e. The lowest BCUT2D eigenvalue weighted by Gasteiger charge is -2.31. The van der Waals surface area contributed by atoms with Gasteiger partial charge in [0.2, 0.25) is 0 Å². The molecular weight excluding hydrogens is 1040 g/mol. The molecule has 0 aliphatic carbocycles. The Hall–Kier alpha value is -5.22. The van der Waals surface area contributed by atoms with E-state index in [0.29, 0.717) is 40.2 Å². The lowest BCUT2D eigenvalue weighted by Crippen LogP contribution is -2.19. The van der Waals surface area contributed by atoms with Gasteiger partial charge in [0.1, 0.15) is 40.2 Å². The summed E-state index contributed by atoms with van der Waals surface area (Å²) >= 11 is 0. The second-order valence-corrected chi connectivity index (χ2v) is 32.5. The van der Waals surface area contributed by atoms with E-state index >= 15 is 0 Å². The van der Waals surface area contributed by atoms with Crippen molar-refractivity contribution in [2.75, 3.05) is 7.11 Å². The van der Waals surface area contributed by atoms with Crippen LogP contribution >= 0.6 is 17.2 Å². The molecule has 0 aliphatic heterocycles. The second-order valence-electron chi connectivity index (χ2n) is 30.5. The van der Waals surface area contributed by atoms with Crippen LogP contribution in [0, 0.1) is 20.8 Å². The second kappa shape index (κ2) is 23.4. The molecule has 0 saturated heterocycles. The van der Waals surface area contributed by atoms with E-state index in [1.54, 1.807) is 7.11 Å². The number of hydrogen-bond donors (Lipinski definition) is 0. The van der Waals surface area contributed by atoms with E-state index in [2.05, 4.69) is 266 Å². The van der Waals surface area contributed by atoms with Crippen molar-refractivity contribution in [2.24, 2.45) is 0 Å². The Labute approximate surface area is 493 Å². The highest BCUT2D eigenvalue weighted by Gasteiger charge is 2.36. The molecule has 0 atom stereocenters. The average Bonchev–Trinajstić information content (AvgIpc) is 3.33. The number of aryl methyl sites for hydroxylation is 1. The number of benzene rings is 6. The van der Waals surface area contributed by atoms with Gasteiger partial charge in [-0.15, -0.1) is 0 Å². The molecule has 0 amide bonds. The quantitative estimate of drug-likeness (QED) is 0.101. The monoisotopic (exact) mass is 1140 g/mol. The number of methoxy groups -OCH3 is 1. The molecule has 6 rings (SSSR count). The van der Waals surface area contributed by atoms with Crippen LogP contribution in [0.25, 0.3) is 11.1 Å². The van der Waals surface area contributed by atoms with Gasteiger partial charge in [-0.25, -0.2) is 0 Å². The third-order valence-electron chi connectivity index (χ3n) is 15.2. The van der Waals surface area contributed by atoms with Crippen LogP contribution in [0.15, 0.2) is 97.1 Å². The lowest BCUT2D eigenvalue weighted by atomic mass is 9.80. The van der Waals surface area contributed by atoms with Crippen molar-refractivity contribution in [3.05, 3.63) is 158 Å². The van der Waals surface area contributed by atoms with Crippen molar-refractivity contribution >= 4 is 17.2 Å². The normalized spacial score (nSPS) is 13.2. The third kappa shape index (κ3) is 15.7. The zero-order valence-electron chi connectivity index (χ0n) is 55.0. The molecule has 9 heteroatoms. The molecule has 0 bridgehead atoms. The Morgan fingerprint density at radius 2 is 0.481 bits per heavy atom. The number of hydrogen-bond acceptors (Lipinski definition) is 7. The Bertz CT molecular complexity index is 3050. The minimum Gasteiger partial charge on any atom is -0.496 e. The first-order valence-corrected chi connectivity index (χ1v) is 31.1. The maximum Gasteiger partial charge on any atom is 0.530 e. The molecule has 6 aromatic carbocycles. The number of rotatable bonds is 14. The maximum atomic E-state index is 7.40. The Morgan fingerprint density at radius 3 is 0.728 bits per heavy atom. The predicted octanol–water partition coefficient (Wildman–Crippen LogP) is 22.2. The van der Waals surface area contributed by atoms with Gasteiger partial charge >= 0.3 is 17.2 Å². The van der Waals surface area contributed by atoms with Gasteiger partial charge in [0.15, 0.2) is 0 Å². The summed E-state index contributed by atoms with van der Waals surface area (Å²) in [5, 5.41) is 0. The van der Waals surface area contributed by atoms with Crippen molar-refractivity contribution in [3.63, 3.8) is 0 Å². The van der Waals surface area contributed by atoms with E-state index in [-0.39, 0.29) is 43.3 Å². The smallest absolute Gasteiger partial charge is 0.496 e. The van der Waals surface area contributed by atoms with Gasteiger partial charge in [0, 0.05) is 38.9 Å². The Balaban J connectivity index is 1.62. The first-order chi connectivity index (χ1) is 36.9. The first-order valence-electron chi connectivity index (χ1n) is 29.0. The van der Waals surface area contributed by atoms with Crippen LogP contribution in [0.1, 0.15) is 227 Å². The molecule has 0 saturated carbocycles. The maximum absolute atomic E-state index is 7.40. The van der Waals surface area contributed by atoms with Crippen LogP contribution in [0.5, 0.6) is 40.2 Å². The summed E-state index contributed by atoms with van der Waals surface area (Å²) in [7, 11) is -2.72. The van der Waals surface area contributed by atoms with E-state index in [4.69, 9.17) is 31.9 Å². The molecule has 81 heavy (non-hydrogen) atoms. The van der Waals surface area contributed by atoms with Crippen LogP contribution in [0.4, 0.5) is 0 Å². The van der Waals surface area contributed by atoms with Crippen LogP contribution < -0.4 is 31.9 Å². The summed E-state index contributed by atoms with van der Waals surface area (Å²) < 4.78 is 49.9. The Kier molecular flexibility index (Phi) is 18.8. The van der Waals surface area contributed by atoms with Crippen molar-refractivity contribution in [3.8, 4) is 51.4 Å². The third-order valence-corrected chi connectivity index (χ3v) is 17.3. The van der Waals surface area contributed by atoms with E-state index in [1.807, 2.05) is 18.2 Å². The standard InChI is InChI=1S/C72H100O7P2/c1-45-29-34-61(78-80(74-57-35-30-48(65(4,5)6)41-52(57)69(16,17)18)75-58-36-31-49(66(7,8)9)42-53(58)70(19,20)21)63(46(45)2)64-47(3)56(73-28)39-40-62(64)79-81(76-59-37-32-50(67(10,11)12)43-54(59)71(22,23)24)77-60-38-33-51(68(13,14)15)44-55(60)72(25,26)27/h29-44H,1-28H3. The summed E-state index contributed by atoms with van der Waals surface area (Å²) in [6.45, 7) is 59.9. The fourth-order valence-electron chi connectivity index (χ4n) is 9.70. The molecule has 0 heterocycles. The molecule has 0 aliphatic rings. The van der Waals surface area contributed by atoms with Gasteiger partial charge in [-0.1, -0.05) is 221 Å². The fourth-order valence-corrected chi connectivity index (χ4v) is 11.8. The van der Waals surface area contributed by atoms with Crippen molar-refractivity contribution in [2.45, 2.75) is 230 Å². The van der Waals surface area contributed by atoms with Crippen molar-refractivity contribution < 1.29 is 31.9 Å². The van der Waals surface area contributed by atoms with Gasteiger partial charge in [0.25, 0.3) is 0 Å². The average molecular weight is 1140 g/mol. The topological polar surface area (TPSA) is 64.6 Å². The van der Waals surface area contributed by atoms with Crippen molar-refractivity contribution in [1.82, 2.24) is 0 Å². The summed E-state index contributed by atoms with van der Waals surface area (Å²) in [5.74, 6) is 4.58. The van der Waals surface area contributed by atoms with Gasteiger partial charge in [0.05, 0.1) is 7.11 Å². The van der Waals surface area contributed by atoms with Gasteiger partial charge in [-0.3, -0.25) is 0 Å². The molecule has 0 spiro atoms. The van der Waals surface area contributed by atoms with Gasteiger partial charge < -0.3 is 31.9 Å². The fraction of sp³-hybridized carbons (Fsp3) is 0.500. The molecule has 0 unspecified atom stereocenters. The zero-order chi connectivity index (χ0) is 61.0. The van der Waals surface area contributed by atoms with Gasteiger partial charge in [-0.05, 0) is 140 Å². The molecule has 440 valence electrons. The van der Waals surface area contributed by atoms with E-state index in [0.717, 1.165) is 50.1 Å². The minimum absolute atomic E-state index is 0.0800. The predicted molar refractivity (Wildman–Crippen MR) is 346 cm³/mol. The summed E-state index contributed by atoms with van der Waals surface area (Å²) in [6.07, 6.45) is 0. The van der Waals surface area contributed by atoms with Crippen LogP contribution in [0.2, 0.25) is 0 Å². The van der Waals surface area contributed by atoms with Gasteiger partial charge in [-0.2, -0.15) is 0 Å². The molecule has 0 N–H and O–H groups in total. The van der Waals surface area contributed by atoms with E-state index < -0.39 is 17.2 Å². The summed E-state index contributed by atoms with van der Waals surface area (Å²) in [4.78, 5) is 0. The Morgan fingerprint density at radius 1 is 0.259 bits per heavy atom. The summed E-state index contributed by atoms with van der Waals surface area (Å²) in [5.41, 5.74) is 12.2. The van der Waals surface area contributed by atoms with E-state index in [1.165, 1.54) is 22.3 Å². The van der Waals surface area contributed by atoms with Crippen LogP contribution in [-0.4, -0.2) is 7.11 Å².